The highest BCUT2D eigenvalue weighted by Gasteiger charge is 2.23. The SMILES string of the molecule is O=C1CCCCc2nc(C3CCOC3)ncc21. The number of aromatic nitrogens is 2. The van der Waals surface area contributed by atoms with Gasteiger partial charge in [0, 0.05) is 25.1 Å². The van der Waals surface area contributed by atoms with Crippen LogP contribution in [-0.4, -0.2) is 29.0 Å². The van der Waals surface area contributed by atoms with Crippen LogP contribution in [-0.2, 0) is 11.2 Å². The lowest BCUT2D eigenvalue weighted by molar-refractivity contribution is 0.0981. The minimum atomic E-state index is 0.201. The number of hydrogen-bond acceptors (Lipinski definition) is 4. The molecule has 2 aliphatic rings. The minimum absolute atomic E-state index is 0.201. The van der Waals surface area contributed by atoms with Gasteiger partial charge in [-0.3, -0.25) is 4.79 Å². The van der Waals surface area contributed by atoms with Gasteiger partial charge in [-0.15, -0.1) is 0 Å². The van der Waals surface area contributed by atoms with Crippen molar-refractivity contribution in [3.05, 3.63) is 23.3 Å². The Kier molecular flexibility index (Phi) is 2.89. The number of carbonyl (C=O) groups is 1. The number of rotatable bonds is 1. The molecule has 2 heterocycles. The zero-order chi connectivity index (χ0) is 11.7. The van der Waals surface area contributed by atoms with E-state index < -0.39 is 0 Å². The lowest BCUT2D eigenvalue weighted by Gasteiger charge is -2.09. The summed E-state index contributed by atoms with van der Waals surface area (Å²) in [5, 5.41) is 0. The summed E-state index contributed by atoms with van der Waals surface area (Å²) in [7, 11) is 0. The van der Waals surface area contributed by atoms with Crippen LogP contribution in [0.15, 0.2) is 6.20 Å². The molecule has 1 aliphatic carbocycles. The van der Waals surface area contributed by atoms with Crippen LogP contribution >= 0.6 is 0 Å². The molecule has 0 saturated carbocycles. The summed E-state index contributed by atoms with van der Waals surface area (Å²) in [5.41, 5.74) is 1.69. The molecule has 4 heteroatoms. The van der Waals surface area contributed by atoms with Crippen molar-refractivity contribution in [2.75, 3.05) is 13.2 Å². The molecule has 0 radical (unpaired) electrons. The van der Waals surface area contributed by atoms with Crippen LogP contribution in [0.4, 0.5) is 0 Å². The maximum absolute atomic E-state index is 11.8. The van der Waals surface area contributed by atoms with E-state index in [-0.39, 0.29) is 5.78 Å². The smallest absolute Gasteiger partial charge is 0.166 e. The van der Waals surface area contributed by atoms with E-state index in [4.69, 9.17) is 4.74 Å². The fraction of sp³-hybridized carbons (Fsp3) is 0.615. The molecule has 17 heavy (non-hydrogen) atoms. The minimum Gasteiger partial charge on any atom is -0.381 e. The molecule has 0 aromatic carbocycles. The Morgan fingerprint density at radius 1 is 1.29 bits per heavy atom. The van der Waals surface area contributed by atoms with Gasteiger partial charge in [0.15, 0.2) is 5.78 Å². The molecule has 0 spiro atoms. The molecule has 0 amide bonds. The highest BCUT2D eigenvalue weighted by atomic mass is 16.5. The summed E-state index contributed by atoms with van der Waals surface area (Å²) in [6.45, 7) is 1.51. The quantitative estimate of drug-likeness (QED) is 0.694. The molecule has 1 saturated heterocycles. The van der Waals surface area contributed by atoms with E-state index >= 15 is 0 Å². The van der Waals surface area contributed by atoms with Gasteiger partial charge in [0.05, 0.1) is 17.9 Å². The summed E-state index contributed by atoms with van der Waals surface area (Å²) < 4.78 is 5.35. The fourth-order valence-corrected chi connectivity index (χ4v) is 2.50. The van der Waals surface area contributed by atoms with Crippen molar-refractivity contribution >= 4 is 5.78 Å². The summed E-state index contributed by atoms with van der Waals surface area (Å²) >= 11 is 0. The zero-order valence-corrected chi connectivity index (χ0v) is 9.82. The zero-order valence-electron chi connectivity index (χ0n) is 9.82. The molecule has 1 atom stereocenters. The standard InChI is InChI=1S/C13H16N2O2/c16-12-4-2-1-3-11-10(12)7-14-13(15-11)9-5-6-17-8-9/h7,9H,1-6,8H2. The predicted octanol–water partition coefficient (Wildman–Crippen LogP) is 1.89. The first-order valence-corrected chi connectivity index (χ1v) is 6.31. The van der Waals surface area contributed by atoms with Crippen LogP contribution in [0.3, 0.4) is 0 Å². The molecule has 90 valence electrons. The number of fused-ring (bicyclic) bond motifs is 1. The van der Waals surface area contributed by atoms with Gasteiger partial charge in [-0.25, -0.2) is 9.97 Å². The van der Waals surface area contributed by atoms with Crippen molar-refractivity contribution < 1.29 is 9.53 Å². The second kappa shape index (κ2) is 4.53. The number of carbonyl (C=O) groups excluding carboxylic acids is 1. The number of nitrogens with zero attached hydrogens (tertiary/aromatic N) is 2. The van der Waals surface area contributed by atoms with Crippen molar-refractivity contribution in [1.82, 2.24) is 9.97 Å². The van der Waals surface area contributed by atoms with E-state index in [1.165, 1.54) is 0 Å². The van der Waals surface area contributed by atoms with Crippen molar-refractivity contribution in [3.63, 3.8) is 0 Å². The Morgan fingerprint density at radius 2 is 2.18 bits per heavy atom. The molecular weight excluding hydrogens is 216 g/mol. The Bertz CT molecular complexity index is 439. The van der Waals surface area contributed by atoms with Crippen LogP contribution < -0.4 is 0 Å². The van der Waals surface area contributed by atoms with E-state index in [9.17, 15) is 4.79 Å². The molecule has 0 N–H and O–H groups in total. The van der Waals surface area contributed by atoms with Gasteiger partial charge in [0.2, 0.25) is 0 Å². The van der Waals surface area contributed by atoms with E-state index in [0.717, 1.165) is 49.4 Å². The molecule has 3 rings (SSSR count). The number of ketones is 1. The molecule has 1 fully saturated rings. The lowest BCUT2D eigenvalue weighted by atomic mass is 10.1. The van der Waals surface area contributed by atoms with Gasteiger partial charge in [-0.2, -0.15) is 0 Å². The van der Waals surface area contributed by atoms with Crippen LogP contribution in [0.2, 0.25) is 0 Å². The molecule has 1 aliphatic heterocycles. The Balaban J connectivity index is 1.94. The van der Waals surface area contributed by atoms with E-state index in [1.807, 2.05) is 0 Å². The first-order valence-electron chi connectivity index (χ1n) is 6.31. The highest BCUT2D eigenvalue weighted by molar-refractivity contribution is 5.97. The Morgan fingerprint density at radius 3 is 3.00 bits per heavy atom. The van der Waals surface area contributed by atoms with Crippen LogP contribution in [0.1, 0.15) is 53.5 Å². The average Bonchev–Trinajstić information content (AvgIpc) is 2.82. The molecule has 4 nitrogen and oxygen atoms in total. The van der Waals surface area contributed by atoms with Gasteiger partial charge in [-0.05, 0) is 25.7 Å². The molecule has 1 aromatic rings. The third-order valence-corrected chi connectivity index (χ3v) is 3.55. The van der Waals surface area contributed by atoms with Crippen LogP contribution in [0.25, 0.3) is 0 Å². The van der Waals surface area contributed by atoms with Gasteiger partial charge in [0.1, 0.15) is 5.82 Å². The van der Waals surface area contributed by atoms with Crippen molar-refractivity contribution in [1.29, 1.82) is 0 Å². The van der Waals surface area contributed by atoms with Gasteiger partial charge in [0.25, 0.3) is 0 Å². The highest BCUT2D eigenvalue weighted by Crippen LogP contribution is 2.25. The van der Waals surface area contributed by atoms with Crippen molar-refractivity contribution in [2.24, 2.45) is 0 Å². The second-order valence-corrected chi connectivity index (χ2v) is 4.78. The Labute approximate surface area is 100 Å². The molecular formula is C13H16N2O2. The summed E-state index contributed by atoms with van der Waals surface area (Å²) in [4.78, 5) is 20.8. The van der Waals surface area contributed by atoms with E-state index in [2.05, 4.69) is 9.97 Å². The average molecular weight is 232 g/mol. The van der Waals surface area contributed by atoms with Gasteiger partial charge < -0.3 is 4.74 Å². The maximum atomic E-state index is 11.8. The predicted molar refractivity (Wildman–Crippen MR) is 62.1 cm³/mol. The number of hydrogen-bond donors (Lipinski definition) is 0. The largest absolute Gasteiger partial charge is 0.381 e. The second-order valence-electron chi connectivity index (χ2n) is 4.78. The van der Waals surface area contributed by atoms with Gasteiger partial charge in [-0.1, -0.05) is 0 Å². The molecule has 0 bridgehead atoms. The number of aryl methyl sites for hydroxylation is 1. The molecule has 1 aromatic heterocycles. The third-order valence-electron chi connectivity index (χ3n) is 3.55. The van der Waals surface area contributed by atoms with Crippen LogP contribution in [0.5, 0.6) is 0 Å². The normalized spacial score (nSPS) is 24.5. The monoisotopic (exact) mass is 232 g/mol. The maximum Gasteiger partial charge on any atom is 0.166 e. The summed E-state index contributed by atoms with van der Waals surface area (Å²) in [5.74, 6) is 1.38. The first-order chi connectivity index (χ1) is 8.34. The third kappa shape index (κ3) is 2.09. The number of Topliss-reactive ketones (excluding diaryl/α,β-unsaturated/α-hetero) is 1. The lowest BCUT2D eigenvalue weighted by Crippen LogP contribution is -2.10. The molecule has 1 unspecified atom stereocenters. The first kappa shape index (κ1) is 10.8. The topological polar surface area (TPSA) is 52.1 Å². The Hall–Kier alpha value is -1.29. The van der Waals surface area contributed by atoms with E-state index in [1.54, 1.807) is 6.20 Å². The summed E-state index contributed by atoms with van der Waals surface area (Å²) in [6.07, 6.45) is 6.29. The van der Waals surface area contributed by atoms with E-state index in [0.29, 0.717) is 18.9 Å². The van der Waals surface area contributed by atoms with Crippen LogP contribution in [0, 0.1) is 0 Å². The van der Waals surface area contributed by atoms with Crippen molar-refractivity contribution in [3.8, 4) is 0 Å². The summed E-state index contributed by atoms with van der Waals surface area (Å²) in [6, 6.07) is 0. The van der Waals surface area contributed by atoms with Gasteiger partial charge >= 0.3 is 0 Å². The fourth-order valence-electron chi connectivity index (χ4n) is 2.50. The number of ether oxygens (including phenoxy) is 1. The van der Waals surface area contributed by atoms with Crippen molar-refractivity contribution in [2.45, 2.75) is 38.0 Å².